The molecule has 2 unspecified atom stereocenters. The second-order valence-corrected chi connectivity index (χ2v) is 7.71. The summed E-state index contributed by atoms with van der Waals surface area (Å²) in [7, 11) is 0. The number of carbonyl (C=O) groups is 1. The minimum atomic E-state index is -4.56. The number of alkyl halides is 3. The van der Waals surface area contributed by atoms with E-state index in [0.717, 1.165) is 29.3 Å². The van der Waals surface area contributed by atoms with E-state index in [1.165, 1.54) is 0 Å². The largest absolute Gasteiger partial charge is 0.445 e. The molecule has 0 N–H and O–H groups in total. The number of hydrogen-bond acceptors (Lipinski definition) is 3. The molecule has 0 radical (unpaired) electrons. The number of ether oxygens (including phenoxy) is 2. The highest BCUT2D eigenvalue weighted by Gasteiger charge is 2.39. The van der Waals surface area contributed by atoms with Crippen LogP contribution >= 0.6 is 0 Å². The zero-order chi connectivity index (χ0) is 22.0. The van der Waals surface area contributed by atoms with Crippen LogP contribution in [0.25, 0.3) is 0 Å². The second kappa shape index (κ2) is 8.70. The first-order valence-electron chi connectivity index (χ1n) is 9.93. The van der Waals surface area contributed by atoms with Gasteiger partial charge in [-0.3, -0.25) is 4.90 Å². The van der Waals surface area contributed by atoms with E-state index >= 15 is 0 Å². The van der Waals surface area contributed by atoms with E-state index < -0.39 is 29.7 Å². The standard InChI is InChI=1S/C23H21F4NO3/c24-18-6-7-21(23(25,26)27)17(11-18)8-16-9-19-13-30-14-20(10-16)28(19)22(29)31-12-15-4-2-1-3-5-15/h1-7,9,11,19-20H,8,10,12-14H2. The molecule has 2 aliphatic heterocycles. The molecule has 2 aromatic carbocycles. The number of fused-ring (bicyclic) bond motifs is 2. The highest BCUT2D eigenvalue weighted by Crippen LogP contribution is 2.35. The molecule has 2 aliphatic rings. The number of nitrogens with zero attached hydrogens (tertiary/aromatic N) is 1. The lowest BCUT2D eigenvalue weighted by atomic mass is 9.89. The molecule has 2 heterocycles. The van der Waals surface area contributed by atoms with Crippen molar-refractivity contribution in [3.63, 3.8) is 0 Å². The van der Waals surface area contributed by atoms with Gasteiger partial charge in [0.2, 0.25) is 0 Å². The monoisotopic (exact) mass is 435 g/mol. The molecule has 0 aliphatic carbocycles. The zero-order valence-corrected chi connectivity index (χ0v) is 16.6. The predicted octanol–water partition coefficient (Wildman–Crippen LogP) is 5.12. The summed E-state index contributed by atoms with van der Waals surface area (Å²) in [5.41, 5.74) is 0.622. The van der Waals surface area contributed by atoms with Crippen molar-refractivity contribution in [1.29, 1.82) is 0 Å². The lowest BCUT2D eigenvalue weighted by Crippen LogP contribution is -2.56. The van der Waals surface area contributed by atoms with Crippen molar-refractivity contribution in [2.75, 3.05) is 13.2 Å². The lowest BCUT2D eigenvalue weighted by molar-refractivity contribution is -0.138. The minimum absolute atomic E-state index is 0.0352. The van der Waals surface area contributed by atoms with Crippen molar-refractivity contribution < 1.29 is 31.8 Å². The average molecular weight is 435 g/mol. The van der Waals surface area contributed by atoms with Crippen molar-refractivity contribution in [1.82, 2.24) is 4.90 Å². The highest BCUT2D eigenvalue weighted by atomic mass is 19.4. The zero-order valence-electron chi connectivity index (χ0n) is 16.6. The average Bonchev–Trinajstić information content (AvgIpc) is 2.71. The Hall–Kier alpha value is -2.87. The smallest absolute Gasteiger partial charge is 0.416 e. The molecular weight excluding hydrogens is 414 g/mol. The summed E-state index contributed by atoms with van der Waals surface area (Å²) >= 11 is 0. The number of hydrogen-bond donors (Lipinski definition) is 0. The maximum Gasteiger partial charge on any atom is 0.416 e. The molecule has 1 saturated heterocycles. The Balaban J connectivity index is 1.50. The maximum absolute atomic E-state index is 13.6. The van der Waals surface area contributed by atoms with Gasteiger partial charge in [-0.15, -0.1) is 0 Å². The second-order valence-electron chi connectivity index (χ2n) is 7.71. The molecule has 1 fully saturated rings. The lowest BCUT2D eigenvalue weighted by Gasteiger charge is -2.43. The minimum Gasteiger partial charge on any atom is -0.445 e. The quantitative estimate of drug-likeness (QED) is 0.494. The van der Waals surface area contributed by atoms with E-state index in [1.807, 2.05) is 30.3 Å². The van der Waals surface area contributed by atoms with Crippen LogP contribution in [0.15, 0.2) is 60.2 Å². The normalized spacial score (nSPS) is 20.9. The third-order valence-electron chi connectivity index (χ3n) is 5.48. The fraction of sp³-hybridized carbons (Fsp3) is 0.348. The van der Waals surface area contributed by atoms with E-state index in [9.17, 15) is 22.4 Å². The van der Waals surface area contributed by atoms with Crippen molar-refractivity contribution >= 4 is 6.09 Å². The molecule has 0 aromatic heterocycles. The molecule has 0 saturated carbocycles. The molecular formula is C23H21F4NO3. The van der Waals surface area contributed by atoms with Gasteiger partial charge in [0.1, 0.15) is 12.4 Å². The van der Waals surface area contributed by atoms with Crippen LogP contribution in [0.4, 0.5) is 22.4 Å². The van der Waals surface area contributed by atoms with Gasteiger partial charge in [0.25, 0.3) is 0 Å². The molecule has 8 heteroatoms. The summed E-state index contributed by atoms with van der Waals surface area (Å²) in [6.45, 7) is 0.630. The Kier molecular flexibility index (Phi) is 6.00. The first-order valence-corrected chi connectivity index (χ1v) is 9.93. The Morgan fingerprint density at radius 2 is 1.90 bits per heavy atom. The van der Waals surface area contributed by atoms with Gasteiger partial charge in [-0.05, 0) is 42.2 Å². The molecule has 2 aromatic rings. The van der Waals surface area contributed by atoms with Gasteiger partial charge in [-0.1, -0.05) is 42.0 Å². The number of morpholine rings is 1. The number of benzene rings is 2. The topological polar surface area (TPSA) is 38.8 Å². The van der Waals surface area contributed by atoms with Crippen molar-refractivity contribution in [2.24, 2.45) is 0 Å². The molecule has 1 amide bonds. The molecule has 2 atom stereocenters. The predicted molar refractivity (Wildman–Crippen MR) is 105 cm³/mol. The summed E-state index contributed by atoms with van der Waals surface area (Å²) < 4.78 is 64.6. The van der Waals surface area contributed by atoms with E-state index in [-0.39, 0.29) is 37.8 Å². The highest BCUT2D eigenvalue weighted by molar-refractivity contribution is 5.69. The Morgan fingerprint density at radius 1 is 1.13 bits per heavy atom. The molecule has 4 nitrogen and oxygen atoms in total. The number of rotatable bonds is 4. The SMILES string of the molecule is O=C(OCc1ccccc1)N1C2C=C(Cc3cc(F)ccc3C(F)(F)F)CC1COC2. The Labute approximate surface area is 177 Å². The van der Waals surface area contributed by atoms with Gasteiger partial charge < -0.3 is 9.47 Å². The van der Waals surface area contributed by atoms with Crippen molar-refractivity contribution in [2.45, 2.75) is 37.7 Å². The Morgan fingerprint density at radius 3 is 2.61 bits per heavy atom. The molecule has 2 bridgehead atoms. The molecule has 0 spiro atoms. The van der Waals surface area contributed by atoms with Crippen LogP contribution in [-0.2, 0) is 28.7 Å². The van der Waals surface area contributed by atoms with Crippen LogP contribution in [0.1, 0.15) is 23.1 Å². The van der Waals surface area contributed by atoms with Crippen LogP contribution in [0.5, 0.6) is 0 Å². The van der Waals surface area contributed by atoms with Gasteiger partial charge in [0.15, 0.2) is 0 Å². The van der Waals surface area contributed by atoms with Gasteiger partial charge in [0.05, 0.1) is 30.9 Å². The molecule has 31 heavy (non-hydrogen) atoms. The fourth-order valence-electron chi connectivity index (χ4n) is 4.12. The molecule has 4 rings (SSSR count). The van der Waals surface area contributed by atoms with E-state index in [4.69, 9.17) is 9.47 Å². The van der Waals surface area contributed by atoms with Crippen molar-refractivity contribution in [3.8, 4) is 0 Å². The van der Waals surface area contributed by atoms with Gasteiger partial charge >= 0.3 is 12.3 Å². The first-order chi connectivity index (χ1) is 14.8. The summed E-state index contributed by atoms with van der Waals surface area (Å²) in [6.07, 6.45) is -3.01. The van der Waals surface area contributed by atoms with Crippen LogP contribution in [0, 0.1) is 5.82 Å². The van der Waals surface area contributed by atoms with Crippen LogP contribution in [0.2, 0.25) is 0 Å². The number of carbonyl (C=O) groups excluding carboxylic acids is 1. The van der Waals surface area contributed by atoms with Gasteiger partial charge in [-0.2, -0.15) is 13.2 Å². The Bertz CT molecular complexity index is 975. The van der Waals surface area contributed by atoms with Crippen LogP contribution in [-0.4, -0.2) is 36.3 Å². The fourth-order valence-corrected chi connectivity index (χ4v) is 4.12. The summed E-state index contributed by atoms with van der Waals surface area (Å²) in [5, 5.41) is 0. The van der Waals surface area contributed by atoms with E-state index in [2.05, 4.69) is 0 Å². The number of amides is 1. The summed E-state index contributed by atoms with van der Waals surface area (Å²) in [5.74, 6) is -0.714. The van der Waals surface area contributed by atoms with Crippen LogP contribution < -0.4 is 0 Å². The maximum atomic E-state index is 13.6. The molecule has 164 valence electrons. The van der Waals surface area contributed by atoms with Gasteiger partial charge in [0, 0.05) is 0 Å². The van der Waals surface area contributed by atoms with Crippen molar-refractivity contribution in [3.05, 3.63) is 82.7 Å². The first kappa shape index (κ1) is 21.4. The third kappa shape index (κ3) is 4.90. The van der Waals surface area contributed by atoms with E-state index in [0.29, 0.717) is 6.42 Å². The summed E-state index contributed by atoms with van der Waals surface area (Å²) in [6, 6.07) is 11.0. The summed E-state index contributed by atoms with van der Waals surface area (Å²) in [4.78, 5) is 14.3. The van der Waals surface area contributed by atoms with Crippen LogP contribution in [0.3, 0.4) is 0 Å². The van der Waals surface area contributed by atoms with Gasteiger partial charge in [-0.25, -0.2) is 9.18 Å². The van der Waals surface area contributed by atoms with E-state index in [1.54, 1.807) is 11.0 Å². The third-order valence-corrected chi connectivity index (χ3v) is 5.48. The number of halogens is 4.